The van der Waals surface area contributed by atoms with E-state index in [1.165, 1.54) is 42.9 Å². The van der Waals surface area contributed by atoms with E-state index in [-0.39, 0.29) is 31.0 Å². The van der Waals surface area contributed by atoms with E-state index in [4.69, 9.17) is 9.84 Å². The predicted molar refractivity (Wildman–Crippen MR) is 143 cm³/mol. The van der Waals surface area contributed by atoms with Crippen molar-refractivity contribution in [3.05, 3.63) is 42.1 Å². The molecule has 0 spiro atoms. The van der Waals surface area contributed by atoms with E-state index < -0.39 is 52.5 Å². The lowest BCUT2D eigenvalue weighted by Gasteiger charge is -2.16. The molecule has 3 amide bonds. The van der Waals surface area contributed by atoms with Gasteiger partial charge in [0.05, 0.1) is 11.8 Å². The van der Waals surface area contributed by atoms with Crippen LogP contribution >= 0.6 is 0 Å². The number of urea groups is 1. The van der Waals surface area contributed by atoms with E-state index in [1.54, 1.807) is 0 Å². The molecule has 1 aromatic heterocycles. The van der Waals surface area contributed by atoms with Crippen molar-refractivity contribution in [3.63, 3.8) is 0 Å². The Morgan fingerprint density at radius 2 is 1.77 bits per heavy atom. The summed E-state index contributed by atoms with van der Waals surface area (Å²) in [5.74, 6) is -4.58. The SMILES string of the molecule is CCN(CC)CC.O=C(Nc1cc(Oc2cc(F)c(NC(=O)C3(C(=O)O)CC3)cc2F)ccn1)N1CC[C@H](O)C1. The zero-order valence-electron chi connectivity index (χ0n) is 22.7. The highest BCUT2D eigenvalue weighted by Crippen LogP contribution is 2.47. The van der Waals surface area contributed by atoms with E-state index >= 15 is 0 Å². The fraction of sp³-hybridized carbons (Fsp3) is 0.481. The van der Waals surface area contributed by atoms with Gasteiger partial charge in [0.2, 0.25) is 5.91 Å². The predicted octanol–water partition coefficient (Wildman–Crippen LogP) is 3.90. The number of aliphatic carboxylic acids is 1. The van der Waals surface area contributed by atoms with Crippen molar-refractivity contribution in [1.82, 2.24) is 14.8 Å². The quantitative estimate of drug-likeness (QED) is 0.336. The average Bonchev–Trinajstić information content (AvgIpc) is 3.63. The molecule has 0 radical (unpaired) electrons. The minimum atomic E-state index is -1.61. The van der Waals surface area contributed by atoms with Gasteiger partial charge in [0.1, 0.15) is 17.0 Å². The molecule has 40 heavy (non-hydrogen) atoms. The number of ether oxygens (including phenoxy) is 1. The minimum absolute atomic E-state index is 0.0552. The molecule has 1 aliphatic heterocycles. The van der Waals surface area contributed by atoms with Crippen LogP contribution in [-0.2, 0) is 9.59 Å². The van der Waals surface area contributed by atoms with Gasteiger partial charge in [-0.2, -0.15) is 0 Å². The molecule has 4 rings (SSSR count). The number of hydrogen-bond donors (Lipinski definition) is 4. The summed E-state index contributed by atoms with van der Waals surface area (Å²) in [4.78, 5) is 43.3. The summed E-state index contributed by atoms with van der Waals surface area (Å²) < 4.78 is 34.3. The number of anilines is 2. The second kappa shape index (κ2) is 13.5. The van der Waals surface area contributed by atoms with Crippen LogP contribution in [0.4, 0.5) is 25.1 Å². The third-order valence-electron chi connectivity index (χ3n) is 6.85. The van der Waals surface area contributed by atoms with E-state index in [0.29, 0.717) is 19.0 Å². The number of carbonyl (C=O) groups excluding carboxylic acids is 2. The van der Waals surface area contributed by atoms with Crippen molar-refractivity contribution >= 4 is 29.4 Å². The third-order valence-corrected chi connectivity index (χ3v) is 6.85. The molecule has 1 saturated carbocycles. The van der Waals surface area contributed by atoms with E-state index in [2.05, 4.69) is 41.3 Å². The Labute approximate surface area is 231 Å². The van der Waals surface area contributed by atoms with E-state index in [0.717, 1.165) is 6.07 Å². The number of carboxylic acid groups (broad SMARTS) is 1. The van der Waals surface area contributed by atoms with E-state index in [9.17, 15) is 28.3 Å². The number of likely N-dealkylation sites (tertiary alicyclic amines) is 1. The van der Waals surface area contributed by atoms with Gasteiger partial charge in [0.15, 0.2) is 17.4 Å². The van der Waals surface area contributed by atoms with Gasteiger partial charge >= 0.3 is 12.0 Å². The molecule has 1 aromatic carbocycles. The normalized spacial score (nSPS) is 17.1. The molecule has 1 saturated heterocycles. The van der Waals surface area contributed by atoms with Gasteiger partial charge in [-0.1, -0.05) is 20.8 Å². The first kappa shape index (κ1) is 30.7. The number of rotatable bonds is 9. The number of carbonyl (C=O) groups is 3. The third kappa shape index (κ3) is 7.63. The molecule has 1 aliphatic carbocycles. The van der Waals surface area contributed by atoms with Crippen LogP contribution < -0.4 is 15.4 Å². The first-order valence-electron chi connectivity index (χ1n) is 13.2. The number of benzene rings is 1. The zero-order valence-corrected chi connectivity index (χ0v) is 22.7. The van der Waals surface area contributed by atoms with Crippen LogP contribution in [0.5, 0.6) is 11.5 Å². The summed E-state index contributed by atoms with van der Waals surface area (Å²) in [6.45, 7) is 10.7. The Bertz CT molecular complexity index is 1220. The van der Waals surface area contributed by atoms with Crippen molar-refractivity contribution in [2.24, 2.45) is 5.41 Å². The molecule has 2 heterocycles. The molecule has 2 aliphatic rings. The summed E-state index contributed by atoms with van der Waals surface area (Å²) in [7, 11) is 0. The Balaban J connectivity index is 0.000000559. The Hall–Kier alpha value is -3.84. The number of aromatic nitrogens is 1. The maximum absolute atomic E-state index is 14.5. The summed E-state index contributed by atoms with van der Waals surface area (Å²) >= 11 is 0. The summed E-state index contributed by atoms with van der Waals surface area (Å²) in [6, 6.07) is 3.62. The molecule has 13 heteroatoms. The molecule has 2 fully saturated rings. The highest BCUT2D eigenvalue weighted by molar-refractivity contribution is 6.10. The van der Waals surface area contributed by atoms with Crippen LogP contribution in [0.3, 0.4) is 0 Å². The standard InChI is InChI=1S/C21H20F2N4O6.C6H15N/c22-13-9-16(14(23)8-15(13)25-18(29)21(3-4-21)19(30)31)33-12-1-5-24-17(7-12)26-20(32)27-6-2-11(28)10-27;1-4-7(5-2)6-3/h1,5,7-9,11,28H,2-4,6,10H2,(H,25,29)(H,30,31)(H,24,26,32);4-6H2,1-3H3/t11-;/m0./s1. The number of aliphatic hydroxyl groups is 1. The summed E-state index contributed by atoms with van der Waals surface area (Å²) in [5, 5.41) is 23.3. The van der Waals surface area contributed by atoms with Crippen LogP contribution in [0.15, 0.2) is 30.5 Å². The maximum Gasteiger partial charge on any atom is 0.323 e. The van der Waals surface area contributed by atoms with Crippen LogP contribution in [0, 0.1) is 17.0 Å². The number of nitrogens with one attached hydrogen (secondary N) is 2. The number of halogens is 2. The molecule has 1 atom stereocenters. The molecule has 0 unspecified atom stereocenters. The van der Waals surface area contributed by atoms with Gasteiger partial charge in [-0.15, -0.1) is 0 Å². The molecular weight excluding hydrogens is 528 g/mol. The van der Waals surface area contributed by atoms with Gasteiger partial charge in [0, 0.05) is 37.5 Å². The molecular formula is C27H35F2N5O6. The number of β-amino-alcohol motifs (C(OH)–C–C–N with tert-alkyl or cyclic N) is 1. The van der Waals surface area contributed by atoms with Crippen LogP contribution in [0.1, 0.15) is 40.0 Å². The van der Waals surface area contributed by atoms with Gasteiger partial charge < -0.3 is 30.1 Å². The number of hydrogen-bond acceptors (Lipinski definition) is 7. The topological polar surface area (TPSA) is 144 Å². The monoisotopic (exact) mass is 563 g/mol. The highest BCUT2D eigenvalue weighted by Gasteiger charge is 2.57. The first-order valence-corrected chi connectivity index (χ1v) is 13.2. The Kier molecular flexibility index (Phi) is 10.3. The lowest BCUT2D eigenvalue weighted by molar-refractivity contribution is -0.147. The number of aliphatic hydroxyl groups excluding tert-OH is 1. The van der Waals surface area contributed by atoms with Gasteiger partial charge in [-0.3, -0.25) is 14.9 Å². The zero-order chi connectivity index (χ0) is 29.4. The summed E-state index contributed by atoms with van der Waals surface area (Å²) in [6.07, 6.45) is 1.44. The molecule has 4 N–H and O–H groups in total. The van der Waals surface area contributed by atoms with Crippen LogP contribution in [0.2, 0.25) is 0 Å². The first-order chi connectivity index (χ1) is 19.0. The molecule has 218 valence electrons. The lowest BCUT2D eigenvalue weighted by Crippen LogP contribution is -2.33. The molecule has 11 nitrogen and oxygen atoms in total. The lowest BCUT2D eigenvalue weighted by atomic mass is 10.1. The summed E-state index contributed by atoms with van der Waals surface area (Å²) in [5.41, 5.74) is -2.11. The van der Waals surface area contributed by atoms with Crippen molar-refractivity contribution in [1.29, 1.82) is 0 Å². The van der Waals surface area contributed by atoms with Gasteiger partial charge in [-0.25, -0.2) is 18.6 Å². The fourth-order valence-electron chi connectivity index (χ4n) is 4.06. The number of pyridine rings is 1. The van der Waals surface area contributed by atoms with Crippen LogP contribution in [-0.4, -0.2) is 81.7 Å². The second-order valence-corrected chi connectivity index (χ2v) is 9.52. The fourth-order valence-corrected chi connectivity index (χ4v) is 4.06. The largest absolute Gasteiger partial charge is 0.480 e. The van der Waals surface area contributed by atoms with E-state index in [1.807, 2.05) is 0 Å². The highest BCUT2D eigenvalue weighted by atomic mass is 19.1. The number of amides is 3. The Morgan fingerprint density at radius 1 is 1.10 bits per heavy atom. The molecule has 2 aromatic rings. The van der Waals surface area contributed by atoms with Crippen molar-refractivity contribution in [3.8, 4) is 11.5 Å². The van der Waals surface area contributed by atoms with Crippen molar-refractivity contribution in [2.75, 3.05) is 43.4 Å². The van der Waals surface area contributed by atoms with Gasteiger partial charge in [-0.05, 0) is 45.0 Å². The van der Waals surface area contributed by atoms with Crippen molar-refractivity contribution < 1.29 is 38.1 Å². The second-order valence-electron chi connectivity index (χ2n) is 9.52. The molecule has 0 bridgehead atoms. The van der Waals surface area contributed by atoms with Gasteiger partial charge in [0.25, 0.3) is 0 Å². The average molecular weight is 564 g/mol. The number of carboxylic acids is 1. The maximum atomic E-state index is 14.5. The van der Waals surface area contributed by atoms with Crippen LogP contribution in [0.25, 0.3) is 0 Å². The number of nitrogens with zero attached hydrogens (tertiary/aromatic N) is 3. The minimum Gasteiger partial charge on any atom is -0.480 e. The smallest absolute Gasteiger partial charge is 0.323 e. The van der Waals surface area contributed by atoms with Crippen molar-refractivity contribution in [2.45, 2.75) is 46.1 Å². The Morgan fingerprint density at radius 3 is 2.30 bits per heavy atom.